The zero-order valence-electron chi connectivity index (χ0n) is 11.2. The molecule has 0 saturated heterocycles. The van der Waals surface area contributed by atoms with Crippen LogP contribution in [-0.2, 0) is 6.18 Å². The van der Waals surface area contributed by atoms with Gasteiger partial charge in [0.2, 0.25) is 0 Å². The van der Waals surface area contributed by atoms with Gasteiger partial charge in [0, 0.05) is 6.04 Å². The van der Waals surface area contributed by atoms with E-state index in [0.29, 0.717) is 11.8 Å². The average molecular weight is 259 g/mol. The predicted octanol–water partition coefficient (Wildman–Crippen LogP) is 4.26. The average Bonchev–Trinajstić information content (AvgIpc) is 2.29. The lowest BCUT2D eigenvalue weighted by molar-refractivity contribution is -0.137. The first-order chi connectivity index (χ1) is 8.27. The molecule has 18 heavy (non-hydrogen) atoms. The Morgan fingerprint density at radius 1 is 1.00 bits per heavy atom. The molecule has 0 aliphatic heterocycles. The number of hydrogen-bond acceptors (Lipinski definition) is 1. The molecule has 2 atom stereocenters. The third-order valence-electron chi connectivity index (χ3n) is 3.49. The number of halogens is 3. The van der Waals surface area contributed by atoms with Gasteiger partial charge in [0.05, 0.1) is 5.56 Å². The van der Waals surface area contributed by atoms with Crippen molar-refractivity contribution in [3.05, 3.63) is 35.4 Å². The smallest absolute Gasteiger partial charge is 0.313 e. The van der Waals surface area contributed by atoms with E-state index in [9.17, 15) is 13.2 Å². The lowest BCUT2D eigenvalue weighted by atomic mass is 9.86. The number of rotatable bonds is 4. The van der Waals surface area contributed by atoms with Crippen molar-refractivity contribution in [2.24, 2.45) is 11.8 Å². The molecular formula is C14H20F3N. The maximum absolute atomic E-state index is 12.5. The second kappa shape index (κ2) is 5.74. The summed E-state index contributed by atoms with van der Waals surface area (Å²) in [6.07, 6.45) is -4.27. The zero-order chi connectivity index (χ0) is 13.9. The van der Waals surface area contributed by atoms with Crippen LogP contribution in [0.3, 0.4) is 0 Å². The van der Waals surface area contributed by atoms with Crippen LogP contribution in [0.25, 0.3) is 0 Å². The highest BCUT2D eigenvalue weighted by molar-refractivity contribution is 5.27. The van der Waals surface area contributed by atoms with Gasteiger partial charge in [-0.1, -0.05) is 32.9 Å². The molecule has 0 aromatic heterocycles. The molecule has 102 valence electrons. The van der Waals surface area contributed by atoms with Gasteiger partial charge in [-0.05, 0) is 36.6 Å². The van der Waals surface area contributed by atoms with Crippen molar-refractivity contribution in [3.63, 3.8) is 0 Å². The topological polar surface area (TPSA) is 12.0 Å². The van der Waals surface area contributed by atoms with E-state index in [-0.39, 0.29) is 6.04 Å². The van der Waals surface area contributed by atoms with Crippen LogP contribution in [0.2, 0.25) is 0 Å². The molecular weight excluding hydrogens is 239 g/mol. The molecule has 1 nitrogen and oxygen atoms in total. The lowest BCUT2D eigenvalue weighted by Crippen LogP contribution is -2.26. The SMILES string of the molecule is CNC(c1ccc(C(F)(F)F)cc1)C(C)C(C)C. The summed E-state index contributed by atoms with van der Waals surface area (Å²) in [5, 5.41) is 3.18. The molecule has 0 aliphatic rings. The maximum atomic E-state index is 12.5. The molecule has 1 aromatic carbocycles. The van der Waals surface area contributed by atoms with E-state index in [2.05, 4.69) is 26.1 Å². The summed E-state index contributed by atoms with van der Waals surface area (Å²) < 4.78 is 37.4. The van der Waals surface area contributed by atoms with Crippen LogP contribution in [0, 0.1) is 11.8 Å². The lowest BCUT2D eigenvalue weighted by Gasteiger charge is -2.27. The molecule has 1 N–H and O–H groups in total. The summed E-state index contributed by atoms with van der Waals surface area (Å²) in [6.45, 7) is 6.32. The van der Waals surface area contributed by atoms with Crippen molar-refractivity contribution >= 4 is 0 Å². The Morgan fingerprint density at radius 2 is 1.50 bits per heavy atom. The minimum absolute atomic E-state index is 0.0762. The Bertz CT molecular complexity index is 368. The fraction of sp³-hybridized carbons (Fsp3) is 0.571. The molecule has 0 spiro atoms. The monoisotopic (exact) mass is 259 g/mol. The minimum Gasteiger partial charge on any atom is -0.313 e. The van der Waals surface area contributed by atoms with Gasteiger partial charge >= 0.3 is 6.18 Å². The molecule has 0 bridgehead atoms. The molecule has 0 amide bonds. The van der Waals surface area contributed by atoms with E-state index in [0.717, 1.165) is 17.7 Å². The van der Waals surface area contributed by atoms with Gasteiger partial charge in [-0.25, -0.2) is 0 Å². The van der Waals surface area contributed by atoms with Crippen molar-refractivity contribution < 1.29 is 13.2 Å². The Labute approximate surface area is 106 Å². The van der Waals surface area contributed by atoms with Crippen LogP contribution >= 0.6 is 0 Å². The third-order valence-corrected chi connectivity index (χ3v) is 3.49. The van der Waals surface area contributed by atoms with Crippen LogP contribution in [0.4, 0.5) is 13.2 Å². The summed E-state index contributed by atoms with van der Waals surface area (Å²) in [6, 6.07) is 5.48. The summed E-state index contributed by atoms with van der Waals surface area (Å²) in [7, 11) is 1.83. The molecule has 2 unspecified atom stereocenters. The molecule has 1 aromatic rings. The summed E-state index contributed by atoms with van der Waals surface area (Å²) in [4.78, 5) is 0. The quantitative estimate of drug-likeness (QED) is 0.852. The first-order valence-corrected chi connectivity index (χ1v) is 6.11. The van der Waals surface area contributed by atoms with E-state index in [1.54, 1.807) is 12.1 Å². The molecule has 0 aliphatic carbocycles. The fourth-order valence-corrected chi connectivity index (χ4v) is 2.00. The predicted molar refractivity (Wildman–Crippen MR) is 67.2 cm³/mol. The highest BCUT2D eigenvalue weighted by Crippen LogP contribution is 2.32. The second-order valence-electron chi connectivity index (χ2n) is 4.99. The van der Waals surface area contributed by atoms with Crippen molar-refractivity contribution in [1.29, 1.82) is 0 Å². The molecule has 1 rings (SSSR count). The van der Waals surface area contributed by atoms with Crippen molar-refractivity contribution in [3.8, 4) is 0 Å². The Morgan fingerprint density at radius 3 is 1.83 bits per heavy atom. The summed E-state index contributed by atoms with van der Waals surface area (Å²) >= 11 is 0. The van der Waals surface area contributed by atoms with Gasteiger partial charge in [-0.15, -0.1) is 0 Å². The highest BCUT2D eigenvalue weighted by Gasteiger charge is 2.30. The van der Waals surface area contributed by atoms with Gasteiger partial charge in [-0.3, -0.25) is 0 Å². The van der Waals surface area contributed by atoms with Crippen molar-refractivity contribution in [1.82, 2.24) is 5.32 Å². The van der Waals surface area contributed by atoms with Gasteiger partial charge in [-0.2, -0.15) is 13.2 Å². The molecule has 0 heterocycles. The van der Waals surface area contributed by atoms with Crippen LogP contribution in [0.15, 0.2) is 24.3 Å². The maximum Gasteiger partial charge on any atom is 0.416 e. The molecule has 0 fully saturated rings. The summed E-state index contributed by atoms with van der Waals surface area (Å²) in [5.41, 5.74) is 0.296. The zero-order valence-corrected chi connectivity index (χ0v) is 11.2. The standard InChI is InChI=1S/C14H20F3N/c1-9(2)10(3)13(18-4)11-5-7-12(8-6-11)14(15,16)17/h5-10,13,18H,1-4H3. The summed E-state index contributed by atoms with van der Waals surface area (Å²) in [5.74, 6) is 0.816. The fourth-order valence-electron chi connectivity index (χ4n) is 2.00. The second-order valence-corrected chi connectivity index (χ2v) is 4.99. The Hall–Kier alpha value is -1.03. The van der Waals surface area contributed by atoms with Crippen molar-refractivity contribution in [2.75, 3.05) is 7.05 Å². The van der Waals surface area contributed by atoms with E-state index < -0.39 is 11.7 Å². The van der Waals surface area contributed by atoms with Gasteiger partial charge in [0.1, 0.15) is 0 Å². The van der Waals surface area contributed by atoms with E-state index in [1.165, 1.54) is 0 Å². The van der Waals surface area contributed by atoms with Crippen LogP contribution in [-0.4, -0.2) is 7.05 Å². The number of hydrogen-bond donors (Lipinski definition) is 1. The van der Waals surface area contributed by atoms with Crippen LogP contribution < -0.4 is 5.32 Å². The molecule has 4 heteroatoms. The van der Waals surface area contributed by atoms with Gasteiger partial charge in [0.25, 0.3) is 0 Å². The third kappa shape index (κ3) is 3.48. The largest absolute Gasteiger partial charge is 0.416 e. The molecule has 0 saturated carbocycles. The first kappa shape index (κ1) is 15.0. The van der Waals surface area contributed by atoms with Gasteiger partial charge < -0.3 is 5.32 Å². The number of benzene rings is 1. The van der Waals surface area contributed by atoms with Crippen LogP contribution in [0.1, 0.15) is 37.9 Å². The van der Waals surface area contributed by atoms with E-state index in [1.807, 2.05) is 7.05 Å². The molecule has 0 radical (unpaired) electrons. The Kier molecular flexibility index (Phi) is 4.79. The van der Waals surface area contributed by atoms with Gasteiger partial charge in [0.15, 0.2) is 0 Å². The van der Waals surface area contributed by atoms with E-state index in [4.69, 9.17) is 0 Å². The van der Waals surface area contributed by atoms with Crippen molar-refractivity contribution in [2.45, 2.75) is 33.0 Å². The minimum atomic E-state index is -4.27. The highest BCUT2D eigenvalue weighted by atomic mass is 19.4. The first-order valence-electron chi connectivity index (χ1n) is 6.11. The van der Waals surface area contributed by atoms with Crippen LogP contribution in [0.5, 0.6) is 0 Å². The van der Waals surface area contributed by atoms with E-state index >= 15 is 0 Å². The number of alkyl halides is 3. The normalized spacial score (nSPS) is 15.8. The number of nitrogens with one attached hydrogen (secondary N) is 1. The Balaban J connectivity index is 2.96.